The zero-order valence-corrected chi connectivity index (χ0v) is 17.5. The summed E-state index contributed by atoms with van der Waals surface area (Å²) in [6.45, 7) is 6.85. The molecule has 0 radical (unpaired) electrons. The Bertz CT molecular complexity index is 965. The maximum atomic E-state index is 12.9. The zero-order valence-electron chi connectivity index (χ0n) is 16.7. The van der Waals surface area contributed by atoms with Gasteiger partial charge in [0.15, 0.2) is 0 Å². The summed E-state index contributed by atoms with van der Waals surface area (Å²) in [4.78, 5) is 14.0. The molecule has 0 spiro atoms. The Morgan fingerprint density at radius 1 is 1.14 bits per heavy atom. The number of hydrogen-bond acceptors (Lipinski definition) is 4. The molecular formula is C22H27N3O3S. The van der Waals surface area contributed by atoms with Crippen LogP contribution in [0.5, 0.6) is 0 Å². The lowest BCUT2D eigenvalue weighted by molar-refractivity contribution is -0.111. The summed E-state index contributed by atoms with van der Waals surface area (Å²) in [6, 6.07) is 14.2. The van der Waals surface area contributed by atoms with Crippen molar-refractivity contribution in [1.82, 2.24) is 9.21 Å². The summed E-state index contributed by atoms with van der Waals surface area (Å²) in [5.41, 5.74) is 2.69. The topological polar surface area (TPSA) is 69.7 Å². The first kappa shape index (κ1) is 21.2. The number of amides is 1. The summed E-state index contributed by atoms with van der Waals surface area (Å²) in [5, 5.41) is 2.61. The summed E-state index contributed by atoms with van der Waals surface area (Å²) in [6.07, 6.45) is 3.66. The van der Waals surface area contributed by atoms with E-state index in [1.165, 1.54) is 34.8 Å². The molecule has 0 bridgehead atoms. The van der Waals surface area contributed by atoms with Crippen molar-refractivity contribution in [1.29, 1.82) is 0 Å². The third-order valence-corrected chi connectivity index (χ3v) is 6.83. The van der Waals surface area contributed by atoms with Crippen LogP contribution < -0.4 is 5.32 Å². The Hall–Kier alpha value is -2.48. The lowest BCUT2D eigenvalue weighted by Gasteiger charge is -2.19. The van der Waals surface area contributed by atoms with Gasteiger partial charge in [-0.25, -0.2) is 8.42 Å². The van der Waals surface area contributed by atoms with Gasteiger partial charge in [0, 0.05) is 25.8 Å². The van der Waals surface area contributed by atoms with E-state index in [1.807, 2.05) is 12.1 Å². The molecule has 0 aliphatic carbocycles. The number of nitrogens with one attached hydrogen (secondary N) is 1. The maximum Gasteiger partial charge on any atom is 0.247 e. The van der Waals surface area contributed by atoms with E-state index in [2.05, 4.69) is 28.9 Å². The van der Waals surface area contributed by atoms with Crippen molar-refractivity contribution in [3.8, 4) is 0 Å². The fourth-order valence-corrected chi connectivity index (χ4v) is 4.61. The first-order valence-corrected chi connectivity index (χ1v) is 11.1. The van der Waals surface area contributed by atoms with Gasteiger partial charge >= 0.3 is 0 Å². The highest BCUT2D eigenvalue weighted by molar-refractivity contribution is 7.89. The van der Waals surface area contributed by atoms with Crippen LogP contribution in [0.3, 0.4) is 0 Å². The molecule has 29 heavy (non-hydrogen) atoms. The van der Waals surface area contributed by atoms with E-state index in [1.54, 1.807) is 19.2 Å². The minimum atomic E-state index is -3.63. The maximum absolute atomic E-state index is 12.9. The number of anilines is 1. The third kappa shape index (κ3) is 5.53. The van der Waals surface area contributed by atoms with Gasteiger partial charge in [-0.3, -0.25) is 9.69 Å². The Kier molecular flexibility index (Phi) is 6.84. The fourth-order valence-electron chi connectivity index (χ4n) is 3.45. The molecular weight excluding hydrogens is 386 g/mol. The second-order valence-corrected chi connectivity index (χ2v) is 9.33. The van der Waals surface area contributed by atoms with Gasteiger partial charge in [0.25, 0.3) is 0 Å². The van der Waals surface area contributed by atoms with Gasteiger partial charge in [-0.2, -0.15) is 4.31 Å². The van der Waals surface area contributed by atoms with Crippen molar-refractivity contribution in [2.75, 3.05) is 25.5 Å². The van der Waals surface area contributed by atoms with Crippen molar-refractivity contribution in [2.24, 2.45) is 0 Å². The highest BCUT2D eigenvalue weighted by atomic mass is 32.2. The van der Waals surface area contributed by atoms with Crippen LogP contribution in [-0.4, -0.2) is 43.7 Å². The predicted molar refractivity (Wildman–Crippen MR) is 115 cm³/mol. The number of likely N-dealkylation sites (tertiary alicyclic amines) is 1. The minimum absolute atomic E-state index is 0.185. The van der Waals surface area contributed by atoms with E-state index in [0.717, 1.165) is 31.3 Å². The highest BCUT2D eigenvalue weighted by Crippen LogP contribution is 2.20. The lowest BCUT2D eigenvalue weighted by Crippen LogP contribution is -2.26. The van der Waals surface area contributed by atoms with E-state index >= 15 is 0 Å². The van der Waals surface area contributed by atoms with Gasteiger partial charge < -0.3 is 5.32 Å². The smallest absolute Gasteiger partial charge is 0.247 e. The summed E-state index contributed by atoms with van der Waals surface area (Å²) >= 11 is 0. The number of carbonyl (C=O) groups is 1. The van der Waals surface area contributed by atoms with Crippen LogP contribution in [0.1, 0.15) is 24.0 Å². The van der Waals surface area contributed by atoms with Crippen molar-refractivity contribution in [3.63, 3.8) is 0 Å². The second kappa shape index (κ2) is 9.35. The molecule has 2 aromatic rings. The number of benzene rings is 2. The number of hydrogen-bond donors (Lipinski definition) is 1. The van der Waals surface area contributed by atoms with Gasteiger partial charge in [0.2, 0.25) is 15.9 Å². The molecule has 0 aromatic heterocycles. The van der Waals surface area contributed by atoms with Crippen LogP contribution in [0.4, 0.5) is 5.69 Å². The molecule has 154 valence electrons. The molecule has 0 saturated carbocycles. The number of nitrogens with zero attached hydrogens (tertiary/aromatic N) is 2. The van der Waals surface area contributed by atoms with Crippen molar-refractivity contribution in [2.45, 2.75) is 30.8 Å². The molecule has 1 aliphatic rings. The Balaban J connectivity index is 1.68. The average Bonchev–Trinajstić information content (AvgIpc) is 3.21. The van der Waals surface area contributed by atoms with Crippen LogP contribution in [0.15, 0.2) is 66.1 Å². The number of sulfonamides is 1. The average molecular weight is 414 g/mol. The van der Waals surface area contributed by atoms with Crippen LogP contribution in [0.2, 0.25) is 0 Å². The Labute approximate surface area is 172 Å². The summed E-state index contributed by atoms with van der Waals surface area (Å²) in [7, 11) is -2.05. The van der Waals surface area contributed by atoms with Crippen molar-refractivity contribution in [3.05, 3.63) is 72.3 Å². The second-order valence-electron chi connectivity index (χ2n) is 7.28. The standard InChI is InChI=1S/C22H27N3O3S/c1-3-22(26)23-20-9-11-21(12-10-20)29(27,28)24(2)16-18-7-6-8-19(15-18)17-25-13-4-5-14-25/h3,6-12,15H,1,4-5,13-14,16-17H2,2H3,(H,23,26). The molecule has 1 aliphatic heterocycles. The Morgan fingerprint density at radius 2 is 1.79 bits per heavy atom. The van der Waals surface area contributed by atoms with E-state index in [0.29, 0.717) is 12.2 Å². The highest BCUT2D eigenvalue weighted by Gasteiger charge is 2.21. The first-order valence-electron chi connectivity index (χ1n) is 9.68. The van der Waals surface area contributed by atoms with Crippen molar-refractivity contribution < 1.29 is 13.2 Å². The Morgan fingerprint density at radius 3 is 2.45 bits per heavy atom. The van der Waals surface area contributed by atoms with Gasteiger partial charge in [-0.15, -0.1) is 0 Å². The van der Waals surface area contributed by atoms with E-state index < -0.39 is 10.0 Å². The predicted octanol–water partition coefficient (Wildman–Crippen LogP) is 3.23. The molecule has 1 fully saturated rings. The van der Waals surface area contributed by atoms with Crippen LogP contribution in [0, 0.1) is 0 Å². The molecule has 1 amide bonds. The molecule has 0 unspecified atom stereocenters. The fraction of sp³-hybridized carbons (Fsp3) is 0.318. The largest absolute Gasteiger partial charge is 0.323 e. The monoisotopic (exact) mass is 413 g/mol. The molecule has 7 heteroatoms. The zero-order chi connectivity index (χ0) is 20.9. The van der Waals surface area contributed by atoms with E-state index in [9.17, 15) is 13.2 Å². The van der Waals surface area contributed by atoms with Crippen LogP contribution >= 0.6 is 0 Å². The van der Waals surface area contributed by atoms with Gasteiger partial charge in [-0.05, 0) is 67.4 Å². The number of carbonyl (C=O) groups excluding carboxylic acids is 1. The van der Waals surface area contributed by atoms with Gasteiger partial charge in [0.1, 0.15) is 0 Å². The minimum Gasteiger partial charge on any atom is -0.323 e. The molecule has 6 nitrogen and oxygen atoms in total. The molecule has 1 N–H and O–H groups in total. The van der Waals surface area contributed by atoms with Crippen LogP contribution in [-0.2, 0) is 27.9 Å². The summed E-state index contributed by atoms with van der Waals surface area (Å²) < 4.78 is 27.2. The first-order chi connectivity index (χ1) is 13.9. The normalized spacial score (nSPS) is 14.8. The lowest BCUT2D eigenvalue weighted by atomic mass is 10.1. The van der Waals surface area contributed by atoms with Gasteiger partial charge in [-0.1, -0.05) is 30.8 Å². The molecule has 2 aromatic carbocycles. The number of rotatable bonds is 8. The van der Waals surface area contributed by atoms with Crippen molar-refractivity contribution >= 4 is 21.6 Å². The third-order valence-electron chi connectivity index (χ3n) is 5.02. The SMILES string of the molecule is C=CC(=O)Nc1ccc(S(=O)(=O)N(C)Cc2cccc(CN3CCCC3)c2)cc1. The van der Waals surface area contributed by atoms with E-state index in [4.69, 9.17) is 0 Å². The molecule has 0 atom stereocenters. The molecule has 3 rings (SSSR count). The quantitative estimate of drug-likeness (QED) is 0.675. The van der Waals surface area contributed by atoms with Gasteiger partial charge in [0.05, 0.1) is 4.90 Å². The molecule has 1 heterocycles. The summed E-state index contributed by atoms with van der Waals surface area (Å²) in [5.74, 6) is -0.341. The van der Waals surface area contributed by atoms with Crippen LogP contribution in [0.25, 0.3) is 0 Å². The van der Waals surface area contributed by atoms with E-state index in [-0.39, 0.29) is 10.8 Å². The molecule has 1 saturated heterocycles.